The molecule has 0 radical (unpaired) electrons. The number of hydrogen-bond donors (Lipinski definition) is 1. The predicted molar refractivity (Wildman–Crippen MR) is 105 cm³/mol. The first-order chi connectivity index (χ1) is 13.2. The van der Waals surface area contributed by atoms with Crippen molar-refractivity contribution in [2.45, 2.75) is 18.5 Å². The fourth-order valence-electron chi connectivity index (χ4n) is 3.78. The van der Waals surface area contributed by atoms with Gasteiger partial charge in [0.1, 0.15) is 11.5 Å². The molecule has 0 unspecified atom stereocenters. The zero-order valence-electron chi connectivity index (χ0n) is 14.5. The maximum Gasteiger partial charge on any atom is 0.300 e. The molecule has 5 nitrogen and oxygen atoms in total. The molecule has 1 aromatic heterocycles. The average molecular weight is 380 g/mol. The highest BCUT2D eigenvalue weighted by Crippen LogP contribution is 2.42. The molecule has 5 rings (SSSR count). The van der Waals surface area contributed by atoms with Crippen LogP contribution in [0, 0.1) is 5.82 Å². The van der Waals surface area contributed by atoms with E-state index in [0.29, 0.717) is 11.4 Å². The molecule has 0 bridgehead atoms. The van der Waals surface area contributed by atoms with E-state index in [2.05, 4.69) is 10.3 Å². The second-order valence-corrected chi connectivity index (χ2v) is 8.05. The monoisotopic (exact) mass is 380 g/mol. The molecule has 2 aromatic carbocycles. The number of aromatic nitrogens is 3. The number of hydrogen-bond acceptors (Lipinski definition) is 5. The standard InChI is InChI=1S/C20H17FN4OS/c21-14-7-5-13(6-8-14)17-19(26)22-18-15-3-1-2-4-16(15)23-20(25(18)24-17)9-11-27-12-10-20/h1-8,23H,9-12H2. The van der Waals surface area contributed by atoms with E-state index in [1.54, 1.807) is 12.1 Å². The zero-order valence-corrected chi connectivity index (χ0v) is 15.3. The summed E-state index contributed by atoms with van der Waals surface area (Å²) in [5, 5.41) is 8.40. The number of fused-ring (bicyclic) bond motifs is 4. The van der Waals surface area contributed by atoms with Gasteiger partial charge < -0.3 is 5.32 Å². The minimum absolute atomic E-state index is 0.248. The lowest BCUT2D eigenvalue weighted by Gasteiger charge is -2.43. The van der Waals surface area contributed by atoms with Gasteiger partial charge in [-0.3, -0.25) is 4.79 Å². The van der Waals surface area contributed by atoms with Crippen molar-refractivity contribution in [2.75, 3.05) is 16.8 Å². The summed E-state index contributed by atoms with van der Waals surface area (Å²) in [6, 6.07) is 13.7. The second kappa shape index (κ2) is 6.20. The van der Waals surface area contributed by atoms with E-state index in [-0.39, 0.29) is 11.5 Å². The molecule has 2 aliphatic rings. The summed E-state index contributed by atoms with van der Waals surface area (Å²) in [5.41, 5.74) is 1.87. The Labute approximate surface area is 159 Å². The summed E-state index contributed by atoms with van der Waals surface area (Å²) in [4.78, 5) is 17.2. The summed E-state index contributed by atoms with van der Waals surface area (Å²) in [7, 11) is 0. The quantitative estimate of drug-likeness (QED) is 0.697. The number of halogens is 1. The predicted octanol–water partition coefficient (Wildman–Crippen LogP) is 3.72. The smallest absolute Gasteiger partial charge is 0.300 e. The first kappa shape index (κ1) is 16.5. The van der Waals surface area contributed by atoms with Gasteiger partial charge in [0.2, 0.25) is 0 Å². The lowest BCUT2D eigenvalue weighted by molar-refractivity contribution is 0.269. The van der Waals surface area contributed by atoms with E-state index in [4.69, 9.17) is 5.10 Å². The third kappa shape index (κ3) is 2.65. The Hall–Kier alpha value is -2.67. The lowest BCUT2D eigenvalue weighted by Crippen LogP contribution is -2.49. The molecular formula is C20H17FN4OS. The second-order valence-electron chi connectivity index (χ2n) is 6.82. The number of nitrogens with zero attached hydrogens (tertiary/aromatic N) is 3. The van der Waals surface area contributed by atoms with Crippen molar-refractivity contribution in [3.05, 3.63) is 64.7 Å². The molecule has 0 saturated carbocycles. The van der Waals surface area contributed by atoms with E-state index < -0.39 is 11.2 Å². The maximum absolute atomic E-state index is 13.3. The van der Waals surface area contributed by atoms with Crippen LogP contribution < -0.4 is 10.9 Å². The van der Waals surface area contributed by atoms with E-state index in [1.807, 2.05) is 40.7 Å². The van der Waals surface area contributed by atoms with Crippen LogP contribution in [-0.4, -0.2) is 26.3 Å². The summed E-state index contributed by atoms with van der Waals surface area (Å²) in [6.07, 6.45) is 1.78. The van der Waals surface area contributed by atoms with Crippen molar-refractivity contribution >= 4 is 17.4 Å². The highest BCUT2D eigenvalue weighted by molar-refractivity contribution is 7.99. The van der Waals surface area contributed by atoms with Gasteiger partial charge in [-0.1, -0.05) is 12.1 Å². The molecule has 27 heavy (non-hydrogen) atoms. The molecular weight excluding hydrogens is 363 g/mol. The topological polar surface area (TPSA) is 59.8 Å². The van der Waals surface area contributed by atoms with Crippen LogP contribution in [0.2, 0.25) is 0 Å². The van der Waals surface area contributed by atoms with Gasteiger partial charge in [0.05, 0.1) is 0 Å². The number of anilines is 1. The minimum atomic E-state index is -0.398. The Morgan fingerprint density at radius 1 is 1.07 bits per heavy atom. The van der Waals surface area contributed by atoms with Crippen LogP contribution in [-0.2, 0) is 5.66 Å². The van der Waals surface area contributed by atoms with Crippen molar-refractivity contribution in [3.8, 4) is 22.6 Å². The van der Waals surface area contributed by atoms with Crippen LogP contribution in [0.25, 0.3) is 22.6 Å². The van der Waals surface area contributed by atoms with Crippen LogP contribution in [0.5, 0.6) is 0 Å². The first-order valence-corrected chi connectivity index (χ1v) is 10.0. The lowest BCUT2D eigenvalue weighted by atomic mass is 9.97. The molecule has 1 N–H and O–H groups in total. The fourth-order valence-corrected chi connectivity index (χ4v) is 4.95. The van der Waals surface area contributed by atoms with Crippen molar-refractivity contribution in [1.82, 2.24) is 14.8 Å². The van der Waals surface area contributed by atoms with Crippen LogP contribution in [0.15, 0.2) is 53.3 Å². The highest BCUT2D eigenvalue weighted by atomic mass is 32.2. The van der Waals surface area contributed by atoms with Gasteiger partial charge in [-0.2, -0.15) is 21.8 Å². The average Bonchev–Trinajstić information content (AvgIpc) is 2.69. The van der Waals surface area contributed by atoms with Gasteiger partial charge in [0, 0.05) is 29.7 Å². The van der Waals surface area contributed by atoms with Crippen LogP contribution in [0.3, 0.4) is 0 Å². The van der Waals surface area contributed by atoms with Gasteiger partial charge in [0.25, 0.3) is 5.56 Å². The molecule has 0 atom stereocenters. The SMILES string of the molecule is O=c1nc2n(nc1-c1ccc(F)cc1)C1(CCSCC1)Nc1ccccc1-2. The van der Waals surface area contributed by atoms with E-state index in [9.17, 15) is 9.18 Å². The summed E-state index contributed by atoms with van der Waals surface area (Å²) < 4.78 is 15.2. The number of rotatable bonds is 1. The molecule has 136 valence electrons. The molecule has 3 heterocycles. The van der Waals surface area contributed by atoms with Crippen LogP contribution in [0.4, 0.5) is 10.1 Å². The number of para-hydroxylation sites is 1. The number of benzene rings is 2. The van der Waals surface area contributed by atoms with Gasteiger partial charge in [-0.25, -0.2) is 9.07 Å². The Morgan fingerprint density at radius 3 is 2.59 bits per heavy atom. The summed E-state index contributed by atoms with van der Waals surface area (Å²) in [5.74, 6) is 2.26. The first-order valence-electron chi connectivity index (χ1n) is 8.89. The molecule has 1 spiro atoms. The third-order valence-electron chi connectivity index (χ3n) is 5.19. The van der Waals surface area contributed by atoms with Crippen LogP contribution in [0.1, 0.15) is 12.8 Å². The van der Waals surface area contributed by atoms with Gasteiger partial charge in [-0.05, 0) is 47.9 Å². The third-order valence-corrected chi connectivity index (χ3v) is 6.17. The van der Waals surface area contributed by atoms with Gasteiger partial charge in [0.15, 0.2) is 11.5 Å². The van der Waals surface area contributed by atoms with Gasteiger partial charge >= 0.3 is 0 Å². The Balaban J connectivity index is 1.76. The van der Waals surface area contributed by atoms with Crippen molar-refractivity contribution in [2.24, 2.45) is 0 Å². The highest BCUT2D eigenvalue weighted by Gasteiger charge is 2.41. The maximum atomic E-state index is 13.3. The Kier molecular flexibility index (Phi) is 3.79. The minimum Gasteiger partial charge on any atom is -0.361 e. The van der Waals surface area contributed by atoms with Gasteiger partial charge in [-0.15, -0.1) is 0 Å². The fraction of sp³-hybridized carbons (Fsp3) is 0.250. The molecule has 1 saturated heterocycles. The van der Waals surface area contributed by atoms with Crippen molar-refractivity contribution < 1.29 is 4.39 Å². The van der Waals surface area contributed by atoms with Crippen LogP contribution >= 0.6 is 11.8 Å². The Bertz CT molecular complexity index is 1070. The molecule has 7 heteroatoms. The summed E-state index contributed by atoms with van der Waals surface area (Å²) >= 11 is 1.92. The van der Waals surface area contributed by atoms with E-state index in [1.165, 1.54) is 12.1 Å². The molecule has 0 amide bonds. The van der Waals surface area contributed by atoms with E-state index in [0.717, 1.165) is 35.6 Å². The number of thioether (sulfide) groups is 1. The normalized spacial score (nSPS) is 17.1. The molecule has 0 aliphatic carbocycles. The van der Waals surface area contributed by atoms with Crippen molar-refractivity contribution in [3.63, 3.8) is 0 Å². The largest absolute Gasteiger partial charge is 0.361 e. The summed E-state index contributed by atoms with van der Waals surface area (Å²) in [6.45, 7) is 0. The molecule has 2 aliphatic heterocycles. The Morgan fingerprint density at radius 2 is 1.81 bits per heavy atom. The number of nitrogens with one attached hydrogen (secondary N) is 1. The molecule has 1 fully saturated rings. The zero-order chi connectivity index (χ0) is 18.4. The molecule has 3 aromatic rings. The van der Waals surface area contributed by atoms with E-state index >= 15 is 0 Å². The van der Waals surface area contributed by atoms with Crippen molar-refractivity contribution in [1.29, 1.82) is 0 Å².